The Morgan fingerprint density at radius 1 is 1.32 bits per heavy atom. The van der Waals surface area contributed by atoms with E-state index < -0.39 is 0 Å². The van der Waals surface area contributed by atoms with Crippen molar-refractivity contribution >= 4 is 39.1 Å². The number of benzene rings is 1. The zero-order valence-electron chi connectivity index (χ0n) is 10.7. The van der Waals surface area contributed by atoms with Gasteiger partial charge in [0, 0.05) is 10.0 Å². The molecule has 0 aliphatic carbocycles. The maximum absolute atomic E-state index is 6.37. The van der Waals surface area contributed by atoms with Crippen molar-refractivity contribution in [1.82, 2.24) is 9.78 Å². The van der Waals surface area contributed by atoms with Crippen LogP contribution in [0.5, 0.6) is 0 Å². The van der Waals surface area contributed by atoms with Crippen molar-refractivity contribution in [3.63, 3.8) is 0 Å². The molecule has 2 aromatic rings. The third kappa shape index (κ3) is 3.33. The smallest absolute Gasteiger partial charge is 0.132 e. The summed E-state index contributed by atoms with van der Waals surface area (Å²) in [5.41, 5.74) is 3.11. The largest absolute Gasteiger partial charge is 0.249 e. The predicted octanol–water partition coefficient (Wildman–Crippen LogP) is 5.04. The number of aromatic nitrogens is 2. The molecule has 0 spiro atoms. The number of alkyl halides is 1. The van der Waals surface area contributed by atoms with Crippen LogP contribution < -0.4 is 0 Å². The Balaban J connectivity index is 2.33. The standard InChI is InChI=1S/C14H15BrCl2N2/c1-2-5-13-11(8-16)14(17)19(18-13)9-10-6-3-4-7-12(10)15/h3-4,6-7H,2,5,8-9H2,1H3. The second-order valence-corrected chi connectivity index (χ2v) is 5.83. The Morgan fingerprint density at radius 2 is 2.05 bits per heavy atom. The fourth-order valence-corrected chi connectivity index (χ4v) is 3.02. The number of hydrogen-bond donors (Lipinski definition) is 0. The molecule has 0 unspecified atom stereocenters. The molecule has 0 aliphatic heterocycles. The summed E-state index contributed by atoms with van der Waals surface area (Å²) in [6, 6.07) is 8.07. The average molecular weight is 362 g/mol. The van der Waals surface area contributed by atoms with E-state index in [1.165, 1.54) is 0 Å². The molecule has 0 amide bonds. The van der Waals surface area contributed by atoms with Gasteiger partial charge in [-0.1, -0.05) is 59.1 Å². The van der Waals surface area contributed by atoms with Crippen LogP contribution in [0.25, 0.3) is 0 Å². The van der Waals surface area contributed by atoms with Crippen LogP contribution in [0, 0.1) is 0 Å². The van der Waals surface area contributed by atoms with Gasteiger partial charge in [-0.05, 0) is 18.1 Å². The molecule has 0 saturated carbocycles. The fourth-order valence-electron chi connectivity index (χ4n) is 1.99. The minimum absolute atomic E-state index is 0.407. The molecule has 0 N–H and O–H groups in total. The van der Waals surface area contributed by atoms with Gasteiger partial charge in [0.15, 0.2) is 0 Å². The molecule has 1 aromatic heterocycles. The molecule has 1 heterocycles. The van der Waals surface area contributed by atoms with Gasteiger partial charge < -0.3 is 0 Å². The number of halogens is 3. The maximum Gasteiger partial charge on any atom is 0.132 e. The van der Waals surface area contributed by atoms with Crippen molar-refractivity contribution in [1.29, 1.82) is 0 Å². The van der Waals surface area contributed by atoms with Gasteiger partial charge in [0.1, 0.15) is 5.15 Å². The Morgan fingerprint density at radius 3 is 2.68 bits per heavy atom. The minimum Gasteiger partial charge on any atom is -0.249 e. The summed E-state index contributed by atoms with van der Waals surface area (Å²) in [6.07, 6.45) is 1.94. The van der Waals surface area contributed by atoms with Crippen LogP contribution in [0.1, 0.15) is 30.2 Å². The number of hydrogen-bond acceptors (Lipinski definition) is 1. The summed E-state index contributed by atoms with van der Waals surface area (Å²) in [4.78, 5) is 0. The fraction of sp³-hybridized carbons (Fsp3) is 0.357. The third-order valence-corrected chi connectivity index (χ3v) is 4.43. The van der Waals surface area contributed by atoms with Crippen LogP contribution in [0.2, 0.25) is 5.15 Å². The zero-order chi connectivity index (χ0) is 13.8. The molecule has 5 heteroatoms. The maximum atomic E-state index is 6.37. The summed E-state index contributed by atoms with van der Waals surface area (Å²) in [5.74, 6) is 0.407. The van der Waals surface area contributed by atoms with E-state index in [-0.39, 0.29) is 0 Å². The lowest BCUT2D eigenvalue weighted by Crippen LogP contribution is -2.03. The highest BCUT2D eigenvalue weighted by atomic mass is 79.9. The molecule has 102 valence electrons. The van der Waals surface area contributed by atoms with E-state index in [1.54, 1.807) is 0 Å². The van der Waals surface area contributed by atoms with E-state index in [2.05, 4.69) is 34.0 Å². The highest BCUT2D eigenvalue weighted by Crippen LogP contribution is 2.25. The van der Waals surface area contributed by atoms with Gasteiger partial charge in [-0.3, -0.25) is 0 Å². The average Bonchev–Trinajstić information content (AvgIpc) is 2.69. The molecular weight excluding hydrogens is 347 g/mol. The van der Waals surface area contributed by atoms with Crippen LogP contribution in [-0.2, 0) is 18.8 Å². The monoisotopic (exact) mass is 360 g/mol. The van der Waals surface area contributed by atoms with E-state index in [9.17, 15) is 0 Å². The van der Waals surface area contributed by atoms with Crippen LogP contribution in [-0.4, -0.2) is 9.78 Å². The molecule has 19 heavy (non-hydrogen) atoms. The van der Waals surface area contributed by atoms with Crippen LogP contribution in [0.3, 0.4) is 0 Å². The van der Waals surface area contributed by atoms with Gasteiger partial charge in [0.05, 0.1) is 18.1 Å². The molecule has 0 aliphatic rings. The van der Waals surface area contributed by atoms with Crippen molar-refractivity contribution in [2.45, 2.75) is 32.2 Å². The molecule has 0 atom stereocenters. The van der Waals surface area contributed by atoms with Crippen molar-refractivity contribution in [2.24, 2.45) is 0 Å². The highest BCUT2D eigenvalue weighted by Gasteiger charge is 2.15. The van der Waals surface area contributed by atoms with Crippen molar-refractivity contribution in [2.75, 3.05) is 0 Å². The summed E-state index contributed by atoms with van der Waals surface area (Å²) in [7, 11) is 0. The topological polar surface area (TPSA) is 17.8 Å². The summed E-state index contributed by atoms with van der Waals surface area (Å²) < 4.78 is 2.88. The predicted molar refractivity (Wildman–Crippen MR) is 84.0 cm³/mol. The summed E-state index contributed by atoms with van der Waals surface area (Å²) >= 11 is 15.9. The number of aryl methyl sites for hydroxylation is 1. The Hall–Kier alpha value is -0.510. The first-order chi connectivity index (χ1) is 9.17. The molecule has 0 saturated heterocycles. The lowest BCUT2D eigenvalue weighted by Gasteiger charge is -2.05. The minimum atomic E-state index is 0.407. The lowest BCUT2D eigenvalue weighted by molar-refractivity contribution is 0.667. The normalized spacial score (nSPS) is 10.9. The van der Waals surface area contributed by atoms with Gasteiger partial charge in [-0.2, -0.15) is 5.10 Å². The van der Waals surface area contributed by atoms with Gasteiger partial charge in [0.25, 0.3) is 0 Å². The molecule has 0 fully saturated rings. The second kappa shape index (κ2) is 6.78. The lowest BCUT2D eigenvalue weighted by atomic mass is 10.2. The van der Waals surface area contributed by atoms with Crippen LogP contribution >= 0.6 is 39.1 Å². The van der Waals surface area contributed by atoms with E-state index in [1.807, 2.05) is 22.9 Å². The Bertz CT molecular complexity index is 567. The van der Waals surface area contributed by atoms with Gasteiger partial charge >= 0.3 is 0 Å². The van der Waals surface area contributed by atoms with E-state index >= 15 is 0 Å². The molecule has 1 aromatic carbocycles. The first-order valence-corrected chi connectivity index (χ1v) is 7.91. The van der Waals surface area contributed by atoms with E-state index in [0.717, 1.165) is 34.1 Å². The quantitative estimate of drug-likeness (QED) is 0.682. The SMILES string of the molecule is CCCc1nn(Cc2ccccc2Br)c(Cl)c1CCl. The van der Waals surface area contributed by atoms with Crippen LogP contribution in [0.4, 0.5) is 0 Å². The molecule has 2 rings (SSSR count). The Kier molecular flexibility index (Phi) is 5.31. The van der Waals surface area contributed by atoms with E-state index in [0.29, 0.717) is 17.6 Å². The number of nitrogens with zero attached hydrogens (tertiary/aromatic N) is 2. The molecule has 2 nitrogen and oxygen atoms in total. The van der Waals surface area contributed by atoms with Gasteiger partial charge in [0.2, 0.25) is 0 Å². The van der Waals surface area contributed by atoms with Gasteiger partial charge in [-0.15, -0.1) is 11.6 Å². The van der Waals surface area contributed by atoms with Gasteiger partial charge in [-0.25, -0.2) is 4.68 Å². The van der Waals surface area contributed by atoms with Crippen LogP contribution in [0.15, 0.2) is 28.7 Å². The third-order valence-electron chi connectivity index (χ3n) is 2.96. The highest BCUT2D eigenvalue weighted by molar-refractivity contribution is 9.10. The molecular formula is C14H15BrCl2N2. The van der Waals surface area contributed by atoms with Crippen molar-refractivity contribution < 1.29 is 0 Å². The molecule has 0 radical (unpaired) electrons. The molecule has 0 bridgehead atoms. The van der Waals surface area contributed by atoms with Crippen molar-refractivity contribution in [3.8, 4) is 0 Å². The zero-order valence-corrected chi connectivity index (χ0v) is 13.8. The van der Waals surface area contributed by atoms with Crippen molar-refractivity contribution in [3.05, 3.63) is 50.7 Å². The first-order valence-electron chi connectivity index (χ1n) is 6.20. The number of rotatable bonds is 5. The first kappa shape index (κ1) is 14.9. The Labute approximate surface area is 131 Å². The second-order valence-electron chi connectivity index (χ2n) is 4.35. The summed E-state index contributed by atoms with van der Waals surface area (Å²) in [6.45, 7) is 2.77. The summed E-state index contributed by atoms with van der Waals surface area (Å²) in [5, 5.41) is 5.23. The van der Waals surface area contributed by atoms with E-state index in [4.69, 9.17) is 23.2 Å².